The molecule has 32 heavy (non-hydrogen) atoms. The van der Waals surface area contributed by atoms with E-state index < -0.39 is 20.2 Å². The molecule has 8 nitrogen and oxygen atoms in total. The molecule has 2 atom stereocenters. The second-order valence-electron chi connectivity index (χ2n) is 7.36. The maximum atomic E-state index is 13.4. The summed E-state index contributed by atoms with van der Waals surface area (Å²) < 4.78 is 57.7. The van der Waals surface area contributed by atoms with E-state index in [0.717, 1.165) is 35.4 Å². The highest BCUT2D eigenvalue weighted by Crippen LogP contribution is 2.37. The zero-order valence-electron chi connectivity index (χ0n) is 18.7. The number of likely N-dealkylation sites (N-methyl/N-ethyl adjacent to an activating group) is 1. The molecular weight excluding hydrogens is 452 g/mol. The van der Waals surface area contributed by atoms with Gasteiger partial charge in [-0.15, -0.1) is 5.01 Å². The monoisotopic (exact) mass is 482 g/mol. The minimum absolute atomic E-state index is 0.194. The van der Waals surface area contributed by atoms with Crippen molar-refractivity contribution in [3.8, 4) is 0 Å². The summed E-state index contributed by atoms with van der Waals surface area (Å²) in [4.78, 5) is 0.545. The zero-order chi connectivity index (χ0) is 23.9. The molecule has 0 aliphatic carbocycles. The summed E-state index contributed by atoms with van der Waals surface area (Å²) in [6.45, 7) is 2.02. The van der Waals surface area contributed by atoms with Gasteiger partial charge in [0.1, 0.15) is 10.9 Å². The van der Waals surface area contributed by atoms with Crippen LogP contribution in [-0.4, -0.2) is 53.4 Å². The third-order valence-corrected chi connectivity index (χ3v) is 7.59. The SMILES string of the molecule is CCCCS(=O)(=O)C1=C(c2ccccc2)[NH+](C)N(C)C1c1ccccc1.COS(=O)(=O)[O-]. The minimum Gasteiger partial charge on any atom is -0.726 e. The molecule has 1 aliphatic heterocycles. The highest BCUT2D eigenvalue weighted by molar-refractivity contribution is 7.95. The number of hydrogen-bond donors (Lipinski definition) is 1. The van der Waals surface area contributed by atoms with E-state index in [1.807, 2.05) is 81.7 Å². The van der Waals surface area contributed by atoms with Crippen molar-refractivity contribution in [3.05, 3.63) is 76.7 Å². The Morgan fingerprint density at radius 3 is 1.97 bits per heavy atom. The van der Waals surface area contributed by atoms with Gasteiger partial charge in [-0.2, -0.15) is 0 Å². The average molecular weight is 483 g/mol. The van der Waals surface area contributed by atoms with Crippen LogP contribution in [0.3, 0.4) is 0 Å². The first kappa shape index (κ1) is 26.2. The lowest BCUT2D eigenvalue weighted by atomic mass is 10.0. The molecule has 3 rings (SSSR count). The maximum Gasteiger partial charge on any atom is 0.217 e. The van der Waals surface area contributed by atoms with Gasteiger partial charge in [0.2, 0.25) is 10.4 Å². The summed E-state index contributed by atoms with van der Waals surface area (Å²) in [6, 6.07) is 19.5. The number of rotatable bonds is 7. The quantitative estimate of drug-likeness (QED) is 0.473. The van der Waals surface area contributed by atoms with Gasteiger partial charge in [-0.25, -0.2) is 21.8 Å². The van der Waals surface area contributed by atoms with Crippen molar-refractivity contribution >= 4 is 25.9 Å². The predicted octanol–water partition coefficient (Wildman–Crippen LogP) is 1.78. The fraction of sp³-hybridized carbons (Fsp3) is 0.364. The van der Waals surface area contributed by atoms with E-state index in [1.54, 1.807) is 0 Å². The molecular formula is C22H30N2O6S2. The predicted molar refractivity (Wildman–Crippen MR) is 123 cm³/mol. The van der Waals surface area contributed by atoms with Gasteiger partial charge in [-0.3, -0.25) is 4.18 Å². The van der Waals surface area contributed by atoms with Crippen molar-refractivity contribution in [1.82, 2.24) is 5.01 Å². The molecule has 0 spiro atoms. The molecule has 2 aromatic rings. The van der Waals surface area contributed by atoms with Crippen LogP contribution in [0.15, 0.2) is 65.6 Å². The summed E-state index contributed by atoms with van der Waals surface area (Å²) in [5, 5.41) is 3.09. The van der Waals surface area contributed by atoms with E-state index in [2.05, 4.69) is 9.19 Å². The number of unbranched alkanes of at least 4 members (excludes halogenated alkanes) is 1. The van der Waals surface area contributed by atoms with Crippen LogP contribution in [0.5, 0.6) is 0 Å². The lowest BCUT2D eigenvalue weighted by Gasteiger charge is -2.23. The van der Waals surface area contributed by atoms with Crippen LogP contribution >= 0.6 is 0 Å². The molecule has 0 bridgehead atoms. The molecule has 0 aromatic heterocycles. The lowest BCUT2D eigenvalue weighted by Crippen LogP contribution is -3.11. The molecule has 0 fully saturated rings. The molecule has 0 saturated carbocycles. The lowest BCUT2D eigenvalue weighted by molar-refractivity contribution is -0.928. The number of nitrogens with one attached hydrogen (secondary N) is 1. The van der Waals surface area contributed by atoms with Crippen LogP contribution in [0.25, 0.3) is 5.70 Å². The van der Waals surface area contributed by atoms with Crippen molar-refractivity contribution in [1.29, 1.82) is 0 Å². The Bertz CT molecular complexity index is 1120. The highest BCUT2D eigenvalue weighted by Gasteiger charge is 2.46. The van der Waals surface area contributed by atoms with Crippen LogP contribution in [0.4, 0.5) is 0 Å². The number of sulfone groups is 1. The first-order chi connectivity index (χ1) is 15.0. The third-order valence-electron chi connectivity index (χ3n) is 5.26. The van der Waals surface area contributed by atoms with Gasteiger partial charge in [0.15, 0.2) is 15.5 Å². The van der Waals surface area contributed by atoms with E-state index in [0.29, 0.717) is 11.3 Å². The second kappa shape index (κ2) is 11.2. The van der Waals surface area contributed by atoms with Gasteiger partial charge in [-0.1, -0.05) is 61.9 Å². The molecule has 1 N–H and O–H groups in total. The Morgan fingerprint density at radius 2 is 1.50 bits per heavy atom. The zero-order valence-corrected chi connectivity index (χ0v) is 20.3. The van der Waals surface area contributed by atoms with Crippen LogP contribution < -0.4 is 5.01 Å². The van der Waals surface area contributed by atoms with Crippen molar-refractivity contribution in [2.24, 2.45) is 0 Å². The van der Waals surface area contributed by atoms with E-state index in [-0.39, 0.29) is 11.8 Å². The largest absolute Gasteiger partial charge is 0.726 e. The summed E-state index contributed by atoms with van der Waals surface area (Å²) in [6.07, 6.45) is 1.54. The first-order valence-corrected chi connectivity index (χ1v) is 13.2. The van der Waals surface area contributed by atoms with Gasteiger partial charge >= 0.3 is 0 Å². The van der Waals surface area contributed by atoms with Gasteiger partial charge < -0.3 is 4.55 Å². The molecule has 176 valence electrons. The first-order valence-electron chi connectivity index (χ1n) is 10.2. The van der Waals surface area contributed by atoms with Crippen LogP contribution in [0.2, 0.25) is 0 Å². The highest BCUT2D eigenvalue weighted by atomic mass is 32.3. The number of quaternary nitrogens is 1. The molecule has 0 radical (unpaired) electrons. The van der Waals surface area contributed by atoms with E-state index in [9.17, 15) is 21.4 Å². The number of hydrogen-bond acceptors (Lipinski definition) is 7. The van der Waals surface area contributed by atoms with Crippen molar-refractivity contribution < 1.29 is 30.6 Å². The van der Waals surface area contributed by atoms with Crippen molar-refractivity contribution in [2.75, 3.05) is 27.0 Å². The molecule has 2 aromatic carbocycles. The van der Waals surface area contributed by atoms with Gasteiger partial charge in [0.05, 0.1) is 19.9 Å². The normalized spacial score (nSPS) is 19.5. The van der Waals surface area contributed by atoms with Crippen LogP contribution in [-0.2, 0) is 24.4 Å². The fourth-order valence-electron chi connectivity index (χ4n) is 3.60. The Kier molecular flexibility index (Phi) is 9.14. The van der Waals surface area contributed by atoms with E-state index in [1.165, 1.54) is 0 Å². The van der Waals surface area contributed by atoms with Crippen LogP contribution in [0, 0.1) is 0 Å². The molecule has 10 heteroatoms. The topological polar surface area (TPSA) is 108 Å². The van der Waals surface area contributed by atoms with E-state index >= 15 is 0 Å². The van der Waals surface area contributed by atoms with Crippen molar-refractivity contribution in [2.45, 2.75) is 25.8 Å². The minimum atomic E-state index is -4.41. The summed E-state index contributed by atoms with van der Waals surface area (Å²) in [5.74, 6) is 0.194. The fourth-order valence-corrected chi connectivity index (χ4v) is 5.70. The van der Waals surface area contributed by atoms with Crippen LogP contribution in [0.1, 0.15) is 36.9 Å². The number of nitrogens with zero attached hydrogens (tertiary/aromatic N) is 1. The standard InChI is InChI=1S/C21H26N2O2S.CH4O4S/c1-4-5-16-26(24,25)21-19(17-12-8-6-9-13-17)22(2)23(3)20(21)18-14-10-7-11-15-18;1-5-6(2,3)4/h6-15,19H,4-5,16H2,1-3H3;1H3,(H,2,3,4). The molecule has 1 heterocycles. The maximum absolute atomic E-state index is 13.4. The van der Waals surface area contributed by atoms with Crippen molar-refractivity contribution in [3.63, 3.8) is 0 Å². The Hall–Kier alpha value is -2.08. The Morgan fingerprint density at radius 1 is 1.00 bits per heavy atom. The third kappa shape index (κ3) is 6.47. The summed E-state index contributed by atoms with van der Waals surface area (Å²) in [7, 11) is -2.97. The number of benzene rings is 2. The van der Waals surface area contributed by atoms with Gasteiger partial charge in [0, 0.05) is 12.6 Å². The average Bonchev–Trinajstić information content (AvgIpc) is 3.05. The van der Waals surface area contributed by atoms with Gasteiger partial charge in [-0.05, 0) is 24.1 Å². The Balaban J connectivity index is 0.000000534. The molecule has 0 amide bonds. The van der Waals surface area contributed by atoms with Gasteiger partial charge in [0.25, 0.3) is 0 Å². The summed E-state index contributed by atoms with van der Waals surface area (Å²) >= 11 is 0. The van der Waals surface area contributed by atoms with E-state index in [4.69, 9.17) is 0 Å². The molecule has 2 unspecified atom stereocenters. The Labute approximate surface area is 191 Å². The summed E-state index contributed by atoms with van der Waals surface area (Å²) in [5.41, 5.74) is 2.83. The molecule has 1 aliphatic rings. The molecule has 0 saturated heterocycles. The second-order valence-corrected chi connectivity index (χ2v) is 10.6. The smallest absolute Gasteiger partial charge is 0.217 e.